The number of rotatable bonds is 3. The predicted octanol–water partition coefficient (Wildman–Crippen LogP) is 4.07. The Morgan fingerprint density at radius 1 is 1.32 bits per heavy atom. The number of amides is 1. The van der Waals surface area contributed by atoms with E-state index in [0.29, 0.717) is 11.3 Å². The zero-order chi connectivity index (χ0) is 16.9. The summed E-state index contributed by atoms with van der Waals surface area (Å²) in [5.74, 6) is -0.610. The number of benzene rings is 1. The van der Waals surface area contributed by atoms with Gasteiger partial charge >= 0.3 is 12.1 Å². The van der Waals surface area contributed by atoms with Crippen LogP contribution in [0.4, 0.5) is 16.2 Å². The van der Waals surface area contributed by atoms with Crippen LogP contribution < -0.4 is 5.32 Å². The third kappa shape index (κ3) is 4.68. The molecule has 1 aromatic carbocycles. The van der Waals surface area contributed by atoms with E-state index in [4.69, 9.17) is 10.3 Å². The van der Waals surface area contributed by atoms with Crippen molar-refractivity contribution >= 4 is 23.4 Å². The first-order valence-electron chi connectivity index (χ1n) is 6.46. The highest BCUT2D eigenvalue weighted by Gasteiger charge is 2.19. The topological polar surface area (TPSA) is 113 Å². The molecule has 0 unspecified atom stereocenters. The van der Waals surface area contributed by atoms with E-state index in [2.05, 4.69) is 20.1 Å². The van der Waals surface area contributed by atoms with Crippen LogP contribution in [-0.4, -0.2) is 24.8 Å². The second kappa shape index (κ2) is 6.82. The van der Waals surface area contributed by atoms with Gasteiger partial charge in [0.15, 0.2) is 0 Å². The van der Waals surface area contributed by atoms with Crippen LogP contribution in [0.5, 0.6) is 0 Å². The van der Waals surface area contributed by atoms with Gasteiger partial charge in [-0.2, -0.15) is 0 Å². The molecule has 0 aromatic heterocycles. The van der Waals surface area contributed by atoms with E-state index >= 15 is 0 Å². The van der Waals surface area contributed by atoms with Crippen molar-refractivity contribution in [1.82, 2.24) is 0 Å². The lowest BCUT2D eigenvalue weighted by Crippen LogP contribution is -2.27. The monoisotopic (exact) mass is 306 g/mol. The van der Waals surface area contributed by atoms with Gasteiger partial charge in [0.1, 0.15) is 5.60 Å². The fraction of sp³-hybridized carbons (Fsp3) is 0.429. The van der Waals surface area contributed by atoms with Gasteiger partial charge in [0, 0.05) is 16.3 Å². The lowest BCUT2D eigenvalue weighted by molar-refractivity contribution is 0.0596. The minimum Gasteiger partial charge on any atom is -0.465 e. The molecule has 0 aliphatic carbocycles. The molecule has 0 bridgehead atoms. The minimum atomic E-state index is -0.676. The summed E-state index contributed by atoms with van der Waals surface area (Å²) in [4.78, 5) is 26.2. The summed E-state index contributed by atoms with van der Waals surface area (Å²) in [5.41, 5.74) is 9.11. The van der Waals surface area contributed by atoms with Crippen molar-refractivity contribution in [3.63, 3.8) is 0 Å². The highest BCUT2D eigenvalue weighted by molar-refractivity contribution is 5.95. The molecule has 0 aliphatic rings. The van der Waals surface area contributed by atoms with Crippen LogP contribution >= 0.6 is 0 Å². The van der Waals surface area contributed by atoms with E-state index in [-0.39, 0.29) is 11.3 Å². The number of carbonyl (C=O) groups is 2. The SMILES string of the molecule is COC(=O)c1cc(N=[N+]=[N-])c(C)c(NC(=O)OC(C)(C)C)c1. The zero-order valence-electron chi connectivity index (χ0n) is 13.1. The van der Waals surface area contributed by atoms with Gasteiger partial charge in [-0.05, 0) is 50.9 Å². The Kier molecular flexibility index (Phi) is 5.37. The Morgan fingerprint density at radius 3 is 2.45 bits per heavy atom. The molecule has 0 aliphatic heterocycles. The number of hydrogen-bond acceptors (Lipinski definition) is 5. The summed E-state index contributed by atoms with van der Waals surface area (Å²) < 4.78 is 9.79. The number of nitrogens with one attached hydrogen (secondary N) is 1. The van der Waals surface area contributed by atoms with Crippen LogP contribution in [0.3, 0.4) is 0 Å². The molecule has 0 saturated carbocycles. The minimum absolute atomic E-state index is 0.154. The summed E-state index contributed by atoms with van der Waals surface area (Å²) in [6.07, 6.45) is -0.676. The lowest BCUT2D eigenvalue weighted by atomic mass is 10.1. The number of esters is 1. The normalized spacial score (nSPS) is 10.4. The van der Waals surface area contributed by atoms with Gasteiger partial charge in [0.2, 0.25) is 0 Å². The van der Waals surface area contributed by atoms with Gasteiger partial charge in [0.05, 0.1) is 12.7 Å². The predicted molar refractivity (Wildman–Crippen MR) is 81.2 cm³/mol. The van der Waals surface area contributed by atoms with Crippen molar-refractivity contribution in [3.05, 3.63) is 33.7 Å². The smallest absolute Gasteiger partial charge is 0.412 e. The van der Waals surface area contributed by atoms with Crippen LogP contribution in [0.25, 0.3) is 10.4 Å². The van der Waals surface area contributed by atoms with Gasteiger partial charge in [-0.1, -0.05) is 5.11 Å². The zero-order valence-corrected chi connectivity index (χ0v) is 13.1. The molecule has 118 valence electrons. The Balaban J connectivity index is 3.22. The van der Waals surface area contributed by atoms with E-state index in [1.54, 1.807) is 27.7 Å². The summed E-state index contributed by atoms with van der Waals surface area (Å²) in [5, 5.41) is 6.04. The van der Waals surface area contributed by atoms with Crippen molar-refractivity contribution in [2.45, 2.75) is 33.3 Å². The summed E-state index contributed by atoms with van der Waals surface area (Å²) in [7, 11) is 1.23. The van der Waals surface area contributed by atoms with Crippen molar-refractivity contribution < 1.29 is 19.1 Å². The van der Waals surface area contributed by atoms with Crippen molar-refractivity contribution in [3.8, 4) is 0 Å². The maximum absolute atomic E-state index is 11.8. The Morgan fingerprint density at radius 2 is 1.95 bits per heavy atom. The van der Waals surface area contributed by atoms with Gasteiger partial charge < -0.3 is 9.47 Å². The van der Waals surface area contributed by atoms with Crippen molar-refractivity contribution in [2.24, 2.45) is 5.11 Å². The molecule has 1 rings (SSSR count). The van der Waals surface area contributed by atoms with E-state index in [0.717, 1.165) is 0 Å². The summed E-state index contributed by atoms with van der Waals surface area (Å²) >= 11 is 0. The maximum atomic E-state index is 11.8. The maximum Gasteiger partial charge on any atom is 0.412 e. The van der Waals surface area contributed by atoms with Crippen LogP contribution in [0.1, 0.15) is 36.7 Å². The molecule has 0 heterocycles. The highest BCUT2D eigenvalue weighted by atomic mass is 16.6. The second-order valence-corrected chi connectivity index (χ2v) is 5.48. The molecule has 0 spiro atoms. The number of nitrogens with zero attached hydrogens (tertiary/aromatic N) is 3. The standard InChI is InChI=1S/C14H18N4O4/c1-8-10(16-13(20)22-14(2,3)4)6-9(12(19)21-5)7-11(8)17-18-15/h6-7H,1-5H3,(H,16,20). The summed E-state index contributed by atoms with van der Waals surface area (Å²) in [6, 6.07) is 2.82. The molecule has 0 atom stereocenters. The molecule has 1 aromatic rings. The molecule has 1 N–H and O–H groups in total. The molecule has 0 radical (unpaired) electrons. The molecule has 0 saturated heterocycles. The van der Waals surface area contributed by atoms with Crippen LogP contribution in [0.2, 0.25) is 0 Å². The first-order chi connectivity index (χ1) is 10.2. The molecular formula is C14H18N4O4. The first kappa shape index (κ1) is 17.3. The third-order valence-corrected chi connectivity index (χ3v) is 2.59. The van der Waals surface area contributed by atoms with Crippen molar-refractivity contribution in [1.29, 1.82) is 0 Å². The largest absolute Gasteiger partial charge is 0.465 e. The number of hydrogen-bond donors (Lipinski definition) is 1. The highest BCUT2D eigenvalue weighted by Crippen LogP contribution is 2.29. The number of azide groups is 1. The van der Waals surface area contributed by atoms with Gasteiger partial charge in [0.25, 0.3) is 0 Å². The molecule has 8 nitrogen and oxygen atoms in total. The van der Waals surface area contributed by atoms with Crippen LogP contribution in [0, 0.1) is 6.92 Å². The average molecular weight is 306 g/mol. The fourth-order valence-corrected chi connectivity index (χ4v) is 1.63. The van der Waals surface area contributed by atoms with E-state index in [1.165, 1.54) is 19.2 Å². The molecule has 8 heteroatoms. The Labute approximate surface area is 128 Å². The average Bonchev–Trinajstić information content (AvgIpc) is 2.40. The van der Waals surface area contributed by atoms with Gasteiger partial charge in [-0.15, -0.1) is 0 Å². The van der Waals surface area contributed by atoms with Gasteiger partial charge in [-0.25, -0.2) is 9.59 Å². The quantitative estimate of drug-likeness (QED) is 0.392. The first-order valence-corrected chi connectivity index (χ1v) is 6.46. The lowest BCUT2D eigenvalue weighted by Gasteiger charge is -2.20. The van der Waals surface area contributed by atoms with Crippen LogP contribution in [-0.2, 0) is 9.47 Å². The number of methoxy groups -OCH3 is 1. The Bertz CT molecular complexity index is 643. The summed E-state index contributed by atoms with van der Waals surface area (Å²) in [6.45, 7) is 6.85. The number of carbonyl (C=O) groups excluding carboxylic acids is 2. The molecule has 0 fully saturated rings. The third-order valence-electron chi connectivity index (χ3n) is 2.59. The number of ether oxygens (including phenoxy) is 2. The number of anilines is 1. The van der Waals surface area contributed by atoms with Crippen molar-refractivity contribution in [2.75, 3.05) is 12.4 Å². The van der Waals surface area contributed by atoms with Crippen LogP contribution in [0.15, 0.2) is 17.2 Å². The van der Waals surface area contributed by atoms with E-state index < -0.39 is 17.7 Å². The molecule has 1 amide bonds. The molecule has 22 heavy (non-hydrogen) atoms. The van der Waals surface area contributed by atoms with Gasteiger partial charge in [-0.3, -0.25) is 5.32 Å². The van der Waals surface area contributed by atoms with E-state index in [1.807, 2.05) is 0 Å². The van der Waals surface area contributed by atoms with E-state index in [9.17, 15) is 9.59 Å². The second-order valence-electron chi connectivity index (χ2n) is 5.48. The molecular weight excluding hydrogens is 288 g/mol. The fourth-order valence-electron chi connectivity index (χ4n) is 1.63. The Hall–Kier alpha value is -2.73.